The second-order valence-electron chi connectivity index (χ2n) is 6.10. The molecule has 132 valence electrons. The summed E-state index contributed by atoms with van der Waals surface area (Å²) >= 11 is 1.29. The quantitative estimate of drug-likeness (QED) is 0.826. The molecule has 0 spiro atoms. The Morgan fingerprint density at radius 1 is 1.32 bits per heavy atom. The minimum Gasteiger partial charge on any atom is -0.305 e. The molecule has 0 atom stereocenters. The third-order valence-electron chi connectivity index (χ3n) is 3.55. The lowest BCUT2D eigenvalue weighted by atomic mass is 10.2. The molecule has 0 radical (unpaired) electrons. The van der Waals surface area contributed by atoms with Crippen molar-refractivity contribution in [1.82, 2.24) is 4.98 Å². The number of amides is 1. The van der Waals surface area contributed by atoms with Gasteiger partial charge in [-0.25, -0.2) is 13.4 Å². The maximum Gasteiger partial charge on any atom is 0.290 e. The van der Waals surface area contributed by atoms with Gasteiger partial charge >= 0.3 is 0 Å². The Morgan fingerprint density at radius 3 is 2.68 bits per heavy atom. The third kappa shape index (κ3) is 3.29. The number of hydrogen-bond donors (Lipinski definition) is 1. The summed E-state index contributed by atoms with van der Waals surface area (Å²) < 4.78 is 25.7. The van der Waals surface area contributed by atoms with Crippen LogP contribution in [0.1, 0.15) is 19.5 Å². The van der Waals surface area contributed by atoms with Gasteiger partial charge in [0.15, 0.2) is 0 Å². The summed E-state index contributed by atoms with van der Waals surface area (Å²) in [5.74, 6) is -0.457. The van der Waals surface area contributed by atoms with Crippen LogP contribution in [0.2, 0.25) is 0 Å². The number of hydrazone groups is 1. The fourth-order valence-electron chi connectivity index (χ4n) is 2.51. The normalized spacial score (nSPS) is 17.8. The summed E-state index contributed by atoms with van der Waals surface area (Å²) in [5, 5.41) is 5.62. The minimum absolute atomic E-state index is 0.0890. The molecule has 7 nitrogen and oxygen atoms in total. The van der Waals surface area contributed by atoms with Gasteiger partial charge in [-0.2, -0.15) is 5.10 Å². The van der Waals surface area contributed by atoms with E-state index >= 15 is 0 Å². The molecule has 1 N–H and O–H groups in total. The van der Waals surface area contributed by atoms with Crippen LogP contribution in [0.5, 0.6) is 0 Å². The molecule has 1 aliphatic heterocycles. The standard InChI is InChI=1S/C16H18N4O3S2/c1-10(2)8-20-12-6-4-5-7-13(12)25(22,23)14(15(20)21)18-19-16-17-11(3)9-24-16/h4-7,9-10H,8H2,1-3H3,(H,17,19). The zero-order valence-electron chi connectivity index (χ0n) is 14.1. The molecule has 1 aliphatic rings. The van der Waals surface area contributed by atoms with Gasteiger partial charge in [0, 0.05) is 11.9 Å². The van der Waals surface area contributed by atoms with E-state index in [-0.39, 0.29) is 10.8 Å². The maximum atomic E-state index is 12.8. The van der Waals surface area contributed by atoms with Gasteiger partial charge in [-0.15, -0.1) is 11.3 Å². The molecule has 1 amide bonds. The van der Waals surface area contributed by atoms with E-state index in [4.69, 9.17) is 0 Å². The number of para-hydroxylation sites is 1. The molecule has 1 aromatic heterocycles. The molecule has 1 aromatic carbocycles. The predicted octanol–water partition coefficient (Wildman–Crippen LogP) is 2.65. The van der Waals surface area contributed by atoms with Gasteiger partial charge in [0.05, 0.1) is 16.3 Å². The fourth-order valence-corrected chi connectivity index (χ4v) is 4.57. The van der Waals surface area contributed by atoms with Gasteiger partial charge < -0.3 is 4.90 Å². The maximum absolute atomic E-state index is 12.8. The summed E-state index contributed by atoms with van der Waals surface area (Å²) in [6, 6.07) is 6.48. The van der Waals surface area contributed by atoms with E-state index < -0.39 is 20.8 Å². The molecule has 0 saturated heterocycles. The first kappa shape index (κ1) is 17.6. The van der Waals surface area contributed by atoms with Crippen LogP contribution in [0.4, 0.5) is 10.8 Å². The van der Waals surface area contributed by atoms with E-state index in [1.807, 2.05) is 20.8 Å². The molecule has 0 bridgehead atoms. The number of carbonyl (C=O) groups is 1. The van der Waals surface area contributed by atoms with Crippen molar-refractivity contribution in [2.45, 2.75) is 25.7 Å². The first-order chi connectivity index (χ1) is 11.8. The number of hydrogen-bond acceptors (Lipinski definition) is 7. The summed E-state index contributed by atoms with van der Waals surface area (Å²) in [6.07, 6.45) is 0. The van der Waals surface area contributed by atoms with Crippen molar-refractivity contribution >= 4 is 42.9 Å². The molecule has 0 saturated carbocycles. The van der Waals surface area contributed by atoms with E-state index in [9.17, 15) is 13.2 Å². The Hall–Kier alpha value is -2.26. The van der Waals surface area contributed by atoms with E-state index in [0.717, 1.165) is 5.69 Å². The number of sulfone groups is 1. The summed E-state index contributed by atoms with van der Waals surface area (Å²) in [5.41, 5.74) is 3.78. The first-order valence-corrected chi connectivity index (χ1v) is 10.1. The summed E-state index contributed by atoms with van der Waals surface area (Å²) in [7, 11) is -3.99. The monoisotopic (exact) mass is 378 g/mol. The lowest BCUT2D eigenvalue weighted by molar-refractivity contribution is -0.112. The van der Waals surface area contributed by atoms with Crippen molar-refractivity contribution < 1.29 is 13.2 Å². The van der Waals surface area contributed by atoms with Gasteiger partial charge in [0.1, 0.15) is 0 Å². The van der Waals surface area contributed by atoms with Crippen LogP contribution in [-0.2, 0) is 14.6 Å². The molecular weight excluding hydrogens is 360 g/mol. The molecule has 2 heterocycles. The van der Waals surface area contributed by atoms with Crippen molar-refractivity contribution in [2.75, 3.05) is 16.9 Å². The molecule has 0 aliphatic carbocycles. The summed E-state index contributed by atoms with van der Waals surface area (Å²) in [6.45, 7) is 6.15. The number of aromatic nitrogens is 1. The number of carbonyl (C=O) groups excluding carboxylic acids is 1. The number of aryl methyl sites for hydroxylation is 1. The topological polar surface area (TPSA) is 91.7 Å². The highest BCUT2D eigenvalue weighted by Gasteiger charge is 2.41. The molecule has 25 heavy (non-hydrogen) atoms. The average molecular weight is 378 g/mol. The van der Waals surface area contributed by atoms with Gasteiger partial charge in [-0.1, -0.05) is 26.0 Å². The van der Waals surface area contributed by atoms with Crippen molar-refractivity contribution in [3.05, 3.63) is 35.3 Å². The fraction of sp³-hybridized carbons (Fsp3) is 0.312. The number of nitrogens with zero attached hydrogens (tertiary/aromatic N) is 3. The lowest BCUT2D eigenvalue weighted by Gasteiger charge is -2.30. The van der Waals surface area contributed by atoms with Gasteiger partial charge in [0.25, 0.3) is 5.91 Å². The molecule has 0 fully saturated rings. The van der Waals surface area contributed by atoms with E-state index in [2.05, 4.69) is 15.5 Å². The van der Waals surface area contributed by atoms with Crippen LogP contribution < -0.4 is 10.3 Å². The minimum atomic E-state index is -3.99. The van der Waals surface area contributed by atoms with E-state index in [1.165, 1.54) is 22.3 Å². The Labute approximate surface area is 150 Å². The predicted molar refractivity (Wildman–Crippen MR) is 98.7 cm³/mol. The van der Waals surface area contributed by atoms with Gasteiger partial charge in [0.2, 0.25) is 20.0 Å². The van der Waals surface area contributed by atoms with Crippen LogP contribution in [0.3, 0.4) is 0 Å². The Kier molecular flexibility index (Phi) is 4.61. The number of rotatable bonds is 4. The number of thiazole rings is 1. The first-order valence-electron chi connectivity index (χ1n) is 7.72. The number of nitrogens with one attached hydrogen (secondary N) is 1. The largest absolute Gasteiger partial charge is 0.305 e. The Balaban J connectivity index is 2.08. The SMILES string of the molecule is Cc1csc(NN=C2C(=O)N(CC(C)C)c3ccccc3S2(=O)=O)n1. The Bertz CT molecular complexity index is 948. The van der Waals surface area contributed by atoms with Crippen LogP contribution in [0.25, 0.3) is 0 Å². The van der Waals surface area contributed by atoms with Crippen LogP contribution in [0, 0.1) is 12.8 Å². The third-order valence-corrected chi connectivity index (χ3v) is 6.11. The molecule has 3 rings (SSSR count). The van der Waals surface area contributed by atoms with E-state index in [0.29, 0.717) is 17.4 Å². The second kappa shape index (κ2) is 6.57. The Morgan fingerprint density at radius 2 is 2.04 bits per heavy atom. The average Bonchev–Trinajstić information content (AvgIpc) is 2.96. The number of fused-ring (bicyclic) bond motifs is 1. The molecular formula is C16H18N4O3S2. The molecule has 0 unspecified atom stereocenters. The highest BCUT2D eigenvalue weighted by Crippen LogP contribution is 2.33. The van der Waals surface area contributed by atoms with Crippen LogP contribution >= 0.6 is 11.3 Å². The summed E-state index contributed by atoms with van der Waals surface area (Å²) in [4.78, 5) is 18.5. The number of anilines is 2. The van der Waals surface area contributed by atoms with Crippen LogP contribution in [0.15, 0.2) is 39.6 Å². The molecule has 9 heteroatoms. The van der Waals surface area contributed by atoms with Gasteiger partial charge in [-0.3, -0.25) is 10.2 Å². The smallest absolute Gasteiger partial charge is 0.290 e. The van der Waals surface area contributed by atoms with Crippen molar-refractivity contribution in [1.29, 1.82) is 0 Å². The van der Waals surface area contributed by atoms with Gasteiger partial charge in [-0.05, 0) is 25.0 Å². The number of benzene rings is 1. The zero-order valence-corrected chi connectivity index (χ0v) is 15.7. The lowest BCUT2D eigenvalue weighted by Crippen LogP contribution is -2.46. The zero-order chi connectivity index (χ0) is 18.2. The highest BCUT2D eigenvalue weighted by molar-refractivity contribution is 8.08. The molecule has 2 aromatic rings. The van der Waals surface area contributed by atoms with Crippen molar-refractivity contribution in [2.24, 2.45) is 11.0 Å². The van der Waals surface area contributed by atoms with Crippen LogP contribution in [-0.4, -0.2) is 30.9 Å². The van der Waals surface area contributed by atoms with E-state index in [1.54, 1.807) is 23.6 Å². The van der Waals surface area contributed by atoms with Crippen molar-refractivity contribution in [3.63, 3.8) is 0 Å². The second-order valence-corrected chi connectivity index (χ2v) is 8.80. The van der Waals surface area contributed by atoms with Crippen molar-refractivity contribution in [3.8, 4) is 0 Å². The highest BCUT2D eigenvalue weighted by atomic mass is 32.2.